The number of para-hydroxylation sites is 2. The molecule has 0 unspecified atom stereocenters. The third-order valence-electron chi connectivity index (χ3n) is 7.69. The van der Waals surface area contributed by atoms with Crippen LogP contribution in [-0.2, 0) is 20.0 Å². The molecule has 10 nitrogen and oxygen atoms in total. The van der Waals surface area contributed by atoms with Crippen LogP contribution in [0.3, 0.4) is 0 Å². The largest absolute Gasteiger partial charge is 0.492 e. The number of nitrogens with zero attached hydrogens (tertiary/aromatic N) is 2. The summed E-state index contributed by atoms with van der Waals surface area (Å²) in [4.78, 5) is 7.88. The highest BCUT2D eigenvalue weighted by Gasteiger charge is 2.35. The van der Waals surface area contributed by atoms with Crippen LogP contribution in [-0.4, -0.2) is 63.5 Å². The summed E-state index contributed by atoms with van der Waals surface area (Å²) in [7, 11) is -7.96. The first kappa shape index (κ1) is 28.8. The molecule has 1 aliphatic heterocycles. The number of aromatic nitrogens is 2. The highest BCUT2D eigenvalue weighted by atomic mass is 32.2. The van der Waals surface area contributed by atoms with Gasteiger partial charge in [0.1, 0.15) is 27.1 Å². The molecular formula is C28H38N4O6S2. The predicted octanol–water partition coefficient (Wildman–Crippen LogP) is 4.54. The summed E-state index contributed by atoms with van der Waals surface area (Å²) >= 11 is 0. The van der Waals surface area contributed by atoms with Crippen molar-refractivity contribution in [1.82, 2.24) is 19.0 Å². The molecule has 2 fully saturated rings. The number of hydrogen-bond acceptors (Lipinski definition) is 7. The Morgan fingerprint density at radius 1 is 0.900 bits per heavy atom. The van der Waals surface area contributed by atoms with Crippen molar-refractivity contribution in [1.29, 1.82) is 0 Å². The van der Waals surface area contributed by atoms with Crippen molar-refractivity contribution in [2.45, 2.75) is 80.5 Å². The molecule has 3 aromatic rings. The Morgan fingerprint density at radius 3 is 2.17 bits per heavy atom. The van der Waals surface area contributed by atoms with E-state index in [1.165, 1.54) is 16.4 Å². The maximum atomic E-state index is 13.9. The second-order valence-corrected chi connectivity index (χ2v) is 14.0. The summed E-state index contributed by atoms with van der Waals surface area (Å²) in [6.45, 7) is 4.45. The number of aromatic amines is 1. The molecule has 2 N–H and O–H groups in total. The number of rotatable bonds is 10. The molecule has 2 aliphatic rings. The average Bonchev–Trinajstić information content (AvgIpc) is 3.39. The normalized spacial score (nSPS) is 18.2. The van der Waals surface area contributed by atoms with Gasteiger partial charge in [-0.15, -0.1) is 0 Å². The molecule has 0 spiro atoms. The SMILES string of the molecule is CCOc1cc(S(=O)(=O)N2CCC(c3nc4ccccc4[nH]3)CC2)c(OCC)cc1S(=O)(=O)NC1CCCCC1. The lowest BCUT2D eigenvalue weighted by Gasteiger charge is -2.31. The Hall–Kier alpha value is -2.67. The van der Waals surface area contributed by atoms with Gasteiger partial charge < -0.3 is 14.5 Å². The van der Waals surface area contributed by atoms with Gasteiger partial charge in [-0.3, -0.25) is 0 Å². The van der Waals surface area contributed by atoms with Crippen LogP contribution in [0, 0.1) is 0 Å². The molecule has 1 aliphatic carbocycles. The zero-order chi connectivity index (χ0) is 28.3. The van der Waals surface area contributed by atoms with Crippen molar-refractivity contribution in [3.05, 3.63) is 42.2 Å². The number of ether oxygens (including phenoxy) is 2. The molecule has 5 rings (SSSR count). The molecule has 1 aromatic heterocycles. The fraction of sp³-hybridized carbons (Fsp3) is 0.536. The standard InChI is InChI=1S/C28H38N4O6S2/c1-3-37-24-19-27(25(38-4-2)18-26(24)39(33,34)31-21-10-6-5-7-11-21)40(35,36)32-16-14-20(15-17-32)28-29-22-12-8-9-13-23(22)30-28/h8-9,12-13,18-21,31H,3-7,10-11,14-17H2,1-2H3,(H,29,30). The number of nitrogens with one attached hydrogen (secondary N) is 2. The molecule has 0 bridgehead atoms. The van der Waals surface area contributed by atoms with E-state index in [-0.39, 0.29) is 46.5 Å². The van der Waals surface area contributed by atoms with Crippen molar-refractivity contribution < 1.29 is 26.3 Å². The average molecular weight is 591 g/mol. The monoisotopic (exact) mass is 590 g/mol. The Balaban J connectivity index is 1.41. The summed E-state index contributed by atoms with van der Waals surface area (Å²) in [5.74, 6) is 0.994. The number of sulfonamides is 2. The molecule has 0 radical (unpaired) electrons. The van der Waals surface area contributed by atoms with E-state index in [2.05, 4.69) is 9.71 Å². The number of fused-ring (bicyclic) bond motifs is 1. The minimum atomic E-state index is -3.99. The van der Waals surface area contributed by atoms with Crippen LogP contribution in [0.5, 0.6) is 11.5 Å². The topological polar surface area (TPSA) is 131 Å². The first-order valence-corrected chi connectivity index (χ1v) is 17.1. The van der Waals surface area contributed by atoms with Gasteiger partial charge in [-0.05, 0) is 51.7 Å². The van der Waals surface area contributed by atoms with Crippen LogP contribution in [0.2, 0.25) is 0 Å². The van der Waals surface area contributed by atoms with Crippen LogP contribution in [0.25, 0.3) is 11.0 Å². The number of hydrogen-bond donors (Lipinski definition) is 2. The second kappa shape index (κ2) is 12.1. The number of benzene rings is 2. The molecular weight excluding hydrogens is 552 g/mol. The quantitative estimate of drug-likeness (QED) is 0.355. The maximum Gasteiger partial charge on any atom is 0.246 e. The lowest BCUT2D eigenvalue weighted by Crippen LogP contribution is -2.38. The van der Waals surface area contributed by atoms with E-state index in [9.17, 15) is 16.8 Å². The van der Waals surface area contributed by atoms with E-state index in [1.54, 1.807) is 13.8 Å². The maximum absolute atomic E-state index is 13.9. The predicted molar refractivity (Wildman–Crippen MR) is 153 cm³/mol. The first-order chi connectivity index (χ1) is 19.2. The Labute approximate surface area is 236 Å². The van der Waals surface area contributed by atoms with Crippen LogP contribution in [0.15, 0.2) is 46.2 Å². The van der Waals surface area contributed by atoms with E-state index in [0.29, 0.717) is 25.9 Å². The third kappa shape index (κ3) is 6.00. The zero-order valence-electron chi connectivity index (χ0n) is 23.1. The summed E-state index contributed by atoms with van der Waals surface area (Å²) in [6, 6.07) is 10.3. The highest BCUT2D eigenvalue weighted by molar-refractivity contribution is 7.90. The van der Waals surface area contributed by atoms with Crippen molar-refractivity contribution in [2.24, 2.45) is 0 Å². The van der Waals surface area contributed by atoms with E-state index in [0.717, 1.165) is 49.0 Å². The molecule has 0 atom stereocenters. The van der Waals surface area contributed by atoms with E-state index < -0.39 is 20.0 Å². The molecule has 12 heteroatoms. The minimum absolute atomic E-state index is 0.00463. The Morgan fingerprint density at radius 2 is 1.52 bits per heavy atom. The van der Waals surface area contributed by atoms with Gasteiger partial charge in [-0.1, -0.05) is 31.4 Å². The molecule has 2 aromatic carbocycles. The second-order valence-electron chi connectivity index (χ2n) is 10.4. The summed E-state index contributed by atoms with van der Waals surface area (Å²) in [5.41, 5.74) is 1.86. The number of piperidine rings is 1. The van der Waals surface area contributed by atoms with Gasteiger partial charge in [0.15, 0.2) is 0 Å². The van der Waals surface area contributed by atoms with Crippen LogP contribution >= 0.6 is 0 Å². The summed E-state index contributed by atoms with van der Waals surface area (Å²) in [5, 5.41) is 0. The van der Waals surface area contributed by atoms with Gasteiger partial charge >= 0.3 is 0 Å². The molecule has 0 amide bonds. The zero-order valence-corrected chi connectivity index (χ0v) is 24.7. The van der Waals surface area contributed by atoms with Crippen molar-refractivity contribution in [3.63, 3.8) is 0 Å². The van der Waals surface area contributed by atoms with Crippen LogP contribution < -0.4 is 14.2 Å². The van der Waals surface area contributed by atoms with Gasteiger partial charge in [0.05, 0.1) is 24.2 Å². The van der Waals surface area contributed by atoms with Gasteiger partial charge in [0.25, 0.3) is 0 Å². The van der Waals surface area contributed by atoms with Gasteiger partial charge in [0.2, 0.25) is 20.0 Å². The van der Waals surface area contributed by atoms with Crippen LogP contribution in [0.4, 0.5) is 0 Å². The molecule has 218 valence electrons. The van der Waals surface area contributed by atoms with E-state index in [4.69, 9.17) is 14.5 Å². The summed E-state index contributed by atoms with van der Waals surface area (Å²) in [6.07, 6.45) is 5.81. The Bertz CT molecular complexity index is 1510. The fourth-order valence-corrected chi connectivity index (χ4v) is 8.69. The lowest BCUT2D eigenvalue weighted by atomic mass is 9.96. The molecule has 1 saturated carbocycles. The smallest absolute Gasteiger partial charge is 0.246 e. The lowest BCUT2D eigenvalue weighted by molar-refractivity contribution is 0.302. The third-order valence-corrected chi connectivity index (χ3v) is 11.2. The number of imidazole rings is 1. The fourth-order valence-electron chi connectivity index (χ4n) is 5.65. The molecule has 1 saturated heterocycles. The highest BCUT2D eigenvalue weighted by Crippen LogP contribution is 2.39. The first-order valence-electron chi connectivity index (χ1n) is 14.1. The minimum Gasteiger partial charge on any atom is -0.492 e. The van der Waals surface area contributed by atoms with Crippen LogP contribution in [0.1, 0.15) is 70.5 Å². The molecule has 2 heterocycles. The molecule has 40 heavy (non-hydrogen) atoms. The van der Waals surface area contributed by atoms with Crippen molar-refractivity contribution >= 4 is 31.1 Å². The Kier molecular flexibility index (Phi) is 8.69. The van der Waals surface area contributed by atoms with Gasteiger partial charge in [-0.25, -0.2) is 26.5 Å². The summed E-state index contributed by atoms with van der Waals surface area (Å²) < 4.78 is 70.3. The van der Waals surface area contributed by atoms with Gasteiger partial charge in [-0.2, -0.15) is 4.31 Å². The van der Waals surface area contributed by atoms with Crippen molar-refractivity contribution in [3.8, 4) is 11.5 Å². The van der Waals surface area contributed by atoms with E-state index >= 15 is 0 Å². The van der Waals surface area contributed by atoms with Gasteiger partial charge in [0, 0.05) is 37.2 Å². The van der Waals surface area contributed by atoms with E-state index in [1.807, 2.05) is 24.3 Å². The number of H-pyrrole nitrogens is 1. The van der Waals surface area contributed by atoms with Crippen molar-refractivity contribution in [2.75, 3.05) is 26.3 Å².